The van der Waals surface area contributed by atoms with E-state index in [-0.39, 0.29) is 18.4 Å². The lowest BCUT2D eigenvalue weighted by Gasteiger charge is -2.36. The van der Waals surface area contributed by atoms with Crippen LogP contribution in [0.15, 0.2) is 24.3 Å². The van der Waals surface area contributed by atoms with Gasteiger partial charge < -0.3 is 15.7 Å². The molecule has 0 bridgehead atoms. The summed E-state index contributed by atoms with van der Waals surface area (Å²) in [5.74, 6) is -0.384. The molecule has 5 nitrogen and oxygen atoms in total. The molecule has 1 aliphatic rings. The highest BCUT2D eigenvalue weighted by molar-refractivity contribution is 5.97. The van der Waals surface area contributed by atoms with Crippen LogP contribution >= 0.6 is 0 Å². The first-order chi connectivity index (χ1) is 10.0. The van der Waals surface area contributed by atoms with Gasteiger partial charge in [0.15, 0.2) is 0 Å². The van der Waals surface area contributed by atoms with Crippen molar-refractivity contribution in [2.45, 2.75) is 44.6 Å². The van der Waals surface area contributed by atoms with E-state index in [9.17, 15) is 14.7 Å². The Labute approximate surface area is 124 Å². The zero-order chi connectivity index (χ0) is 15.3. The Morgan fingerprint density at radius 3 is 2.57 bits per heavy atom. The van der Waals surface area contributed by atoms with Crippen molar-refractivity contribution in [3.63, 3.8) is 0 Å². The van der Waals surface area contributed by atoms with E-state index in [2.05, 4.69) is 10.6 Å². The molecule has 21 heavy (non-hydrogen) atoms. The van der Waals surface area contributed by atoms with E-state index in [1.807, 2.05) is 0 Å². The SMILES string of the molecule is CC(=O)Nc1cccc(C(=O)NC2(CO)CCCCC2)c1. The summed E-state index contributed by atoms with van der Waals surface area (Å²) in [6, 6.07) is 6.81. The number of anilines is 1. The summed E-state index contributed by atoms with van der Waals surface area (Å²) in [4.78, 5) is 23.4. The number of nitrogens with one attached hydrogen (secondary N) is 2. The predicted octanol–water partition coefficient (Wildman–Crippen LogP) is 2.07. The Kier molecular flexibility index (Phi) is 4.96. The molecule has 0 saturated heterocycles. The fraction of sp³-hybridized carbons (Fsp3) is 0.500. The Balaban J connectivity index is 2.10. The fourth-order valence-electron chi connectivity index (χ4n) is 2.81. The number of benzene rings is 1. The minimum absolute atomic E-state index is 0.0376. The van der Waals surface area contributed by atoms with E-state index in [1.54, 1.807) is 24.3 Å². The maximum atomic E-state index is 12.4. The van der Waals surface area contributed by atoms with Crippen LogP contribution < -0.4 is 10.6 Å². The number of aliphatic hydroxyl groups is 1. The molecule has 0 heterocycles. The van der Waals surface area contributed by atoms with Gasteiger partial charge in [0.1, 0.15) is 0 Å². The number of rotatable bonds is 4. The highest BCUT2D eigenvalue weighted by Gasteiger charge is 2.33. The van der Waals surface area contributed by atoms with Gasteiger partial charge in [-0.3, -0.25) is 9.59 Å². The molecule has 1 aromatic rings. The third-order valence-electron chi connectivity index (χ3n) is 3.94. The Hall–Kier alpha value is -1.88. The second-order valence-electron chi connectivity index (χ2n) is 5.72. The molecule has 2 amide bonds. The molecule has 114 valence electrons. The van der Waals surface area contributed by atoms with Crippen LogP contribution in [0.3, 0.4) is 0 Å². The van der Waals surface area contributed by atoms with E-state index in [4.69, 9.17) is 0 Å². The van der Waals surface area contributed by atoms with E-state index in [0.717, 1.165) is 32.1 Å². The standard InChI is InChI=1S/C16H22N2O3/c1-12(20)17-14-7-5-6-13(10-14)15(21)18-16(11-19)8-3-2-4-9-16/h5-7,10,19H,2-4,8-9,11H2,1H3,(H,17,20)(H,18,21). The van der Waals surface area contributed by atoms with Gasteiger partial charge in [0, 0.05) is 18.2 Å². The van der Waals surface area contributed by atoms with Gasteiger partial charge in [0.2, 0.25) is 5.91 Å². The zero-order valence-electron chi connectivity index (χ0n) is 12.3. The van der Waals surface area contributed by atoms with Crippen molar-refractivity contribution in [1.82, 2.24) is 5.32 Å². The summed E-state index contributed by atoms with van der Waals surface area (Å²) in [6.45, 7) is 1.39. The smallest absolute Gasteiger partial charge is 0.251 e. The minimum Gasteiger partial charge on any atom is -0.394 e. The predicted molar refractivity (Wildman–Crippen MR) is 81.1 cm³/mol. The van der Waals surface area contributed by atoms with Gasteiger partial charge in [-0.1, -0.05) is 25.3 Å². The van der Waals surface area contributed by atoms with Gasteiger partial charge in [-0.15, -0.1) is 0 Å². The largest absolute Gasteiger partial charge is 0.394 e. The molecule has 0 unspecified atom stereocenters. The molecular weight excluding hydrogens is 268 g/mol. The van der Waals surface area contributed by atoms with Crippen molar-refractivity contribution >= 4 is 17.5 Å². The number of carbonyl (C=O) groups is 2. The number of aliphatic hydroxyl groups excluding tert-OH is 1. The molecule has 1 aliphatic carbocycles. The third-order valence-corrected chi connectivity index (χ3v) is 3.94. The molecule has 1 saturated carbocycles. The first-order valence-corrected chi connectivity index (χ1v) is 7.36. The highest BCUT2D eigenvalue weighted by atomic mass is 16.3. The molecule has 0 radical (unpaired) electrons. The molecule has 0 aliphatic heterocycles. The summed E-state index contributed by atoms with van der Waals surface area (Å²) in [5.41, 5.74) is 0.579. The van der Waals surface area contributed by atoms with E-state index >= 15 is 0 Å². The van der Waals surface area contributed by atoms with Crippen molar-refractivity contribution in [3.8, 4) is 0 Å². The maximum Gasteiger partial charge on any atom is 0.251 e. The number of hydrogen-bond donors (Lipinski definition) is 3. The Bertz CT molecular complexity index is 522. The summed E-state index contributed by atoms with van der Waals surface area (Å²) in [5, 5.41) is 15.3. The number of amides is 2. The first-order valence-electron chi connectivity index (χ1n) is 7.36. The normalized spacial score (nSPS) is 17.0. The van der Waals surface area contributed by atoms with E-state index in [1.165, 1.54) is 6.92 Å². The van der Waals surface area contributed by atoms with Crippen molar-refractivity contribution in [2.75, 3.05) is 11.9 Å². The molecule has 1 fully saturated rings. The van der Waals surface area contributed by atoms with Crippen LogP contribution in [0.1, 0.15) is 49.4 Å². The topological polar surface area (TPSA) is 78.4 Å². The molecule has 2 rings (SSSR count). The molecule has 1 aromatic carbocycles. The lowest BCUT2D eigenvalue weighted by Crippen LogP contribution is -2.52. The molecule has 0 atom stereocenters. The van der Waals surface area contributed by atoms with Crippen molar-refractivity contribution in [3.05, 3.63) is 29.8 Å². The third kappa shape index (κ3) is 4.04. The lowest BCUT2D eigenvalue weighted by molar-refractivity contribution is -0.114. The van der Waals surface area contributed by atoms with Crippen molar-refractivity contribution in [1.29, 1.82) is 0 Å². The second kappa shape index (κ2) is 6.72. The van der Waals surface area contributed by atoms with Gasteiger partial charge in [-0.05, 0) is 31.0 Å². The van der Waals surface area contributed by atoms with Crippen LogP contribution in [0.5, 0.6) is 0 Å². The van der Waals surface area contributed by atoms with E-state index < -0.39 is 5.54 Å². The van der Waals surface area contributed by atoms with E-state index in [0.29, 0.717) is 11.3 Å². The quantitative estimate of drug-likeness (QED) is 0.794. The molecule has 0 spiro atoms. The number of hydrogen-bond acceptors (Lipinski definition) is 3. The minimum atomic E-state index is -0.501. The van der Waals surface area contributed by atoms with Crippen LogP contribution in [-0.4, -0.2) is 29.1 Å². The van der Waals surface area contributed by atoms with Crippen LogP contribution in [0.4, 0.5) is 5.69 Å². The number of carbonyl (C=O) groups excluding carboxylic acids is 2. The molecular formula is C16H22N2O3. The zero-order valence-corrected chi connectivity index (χ0v) is 12.3. The molecule has 5 heteroatoms. The highest BCUT2D eigenvalue weighted by Crippen LogP contribution is 2.28. The van der Waals surface area contributed by atoms with Crippen LogP contribution in [0, 0.1) is 0 Å². The molecule has 3 N–H and O–H groups in total. The van der Waals surface area contributed by atoms with Gasteiger partial charge in [-0.25, -0.2) is 0 Å². The molecule has 0 aromatic heterocycles. The Morgan fingerprint density at radius 2 is 1.95 bits per heavy atom. The monoisotopic (exact) mass is 290 g/mol. The van der Waals surface area contributed by atoms with Gasteiger partial charge >= 0.3 is 0 Å². The average molecular weight is 290 g/mol. The Morgan fingerprint density at radius 1 is 1.24 bits per heavy atom. The maximum absolute atomic E-state index is 12.4. The van der Waals surface area contributed by atoms with Crippen LogP contribution in [-0.2, 0) is 4.79 Å². The fourth-order valence-corrected chi connectivity index (χ4v) is 2.81. The summed E-state index contributed by atoms with van der Waals surface area (Å²) in [7, 11) is 0. The van der Waals surface area contributed by atoms with Crippen LogP contribution in [0.25, 0.3) is 0 Å². The van der Waals surface area contributed by atoms with Gasteiger partial charge in [-0.2, -0.15) is 0 Å². The van der Waals surface area contributed by atoms with Crippen molar-refractivity contribution in [2.24, 2.45) is 0 Å². The van der Waals surface area contributed by atoms with Gasteiger partial charge in [0.05, 0.1) is 12.1 Å². The van der Waals surface area contributed by atoms with Crippen molar-refractivity contribution < 1.29 is 14.7 Å². The summed E-state index contributed by atoms with van der Waals surface area (Å²) in [6.07, 6.45) is 4.80. The average Bonchev–Trinajstić information content (AvgIpc) is 2.48. The van der Waals surface area contributed by atoms with Crippen LogP contribution in [0.2, 0.25) is 0 Å². The first kappa shape index (κ1) is 15.5. The van der Waals surface area contributed by atoms with Gasteiger partial charge in [0.25, 0.3) is 5.91 Å². The second-order valence-corrected chi connectivity index (χ2v) is 5.72. The summed E-state index contributed by atoms with van der Waals surface area (Å²) >= 11 is 0. The summed E-state index contributed by atoms with van der Waals surface area (Å²) < 4.78 is 0. The lowest BCUT2D eigenvalue weighted by atomic mass is 9.82.